The van der Waals surface area contributed by atoms with Crippen LogP contribution in [0.5, 0.6) is 0 Å². The van der Waals surface area contributed by atoms with Crippen LogP contribution in [-0.2, 0) is 12.1 Å². The first-order chi connectivity index (χ1) is 13.9. The van der Waals surface area contributed by atoms with Crippen LogP contribution in [0.1, 0.15) is 34.4 Å². The lowest BCUT2D eigenvalue weighted by molar-refractivity contribution is 0.102. The molecule has 2 aromatic heterocycles. The number of amides is 1. The highest BCUT2D eigenvalue weighted by Crippen LogP contribution is 2.34. The topological polar surface area (TPSA) is 122 Å². The van der Waals surface area contributed by atoms with Gasteiger partial charge in [0, 0.05) is 29.8 Å². The summed E-state index contributed by atoms with van der Waals surface area (Å²) in [7, 11) is 0. The summed E-state index contributed by atoms with van der Waals surface area (Å²) in [5, 5.41) is 11.5. The van der Waals surface area contributed by atoms with E-state index in [-0.39, 0.29) is 11.5 Å². The predicted octanol–water partition coefficient (Wildman–Crippen LogP) is 2.18. The van der Waals surface area contributed by atoms with Crippen LogP contribution in [0.15, 0.2) is 53.9 Å². The first-order valence-corrected chi connectivity index (χ1v) is 8.74. The van der Waals surface area contributed by atoms with Gasteiger partial charge in [0.2, 0.25) is 0 Å². The Morgan fingerprint density at radius 2 is 2.17 bits per heavy atom. The number of aliphatic imine (C=N–C) groups is 1. The summed E-state index contributed by atoms with van der Waals surface area (Å²) in [6.45, 7) is 2.13. The van der Waals surface area contributed by atoms with Crippen LogP contribution in [0.4, 0.5) is 10.1 Å². The molecule has 1 aliphatic heterocycles. The van der Waals surface area contributed by atoms with Gasteiger partial charge in [0.25, 0.3) is 5.91 Å². The smallest absolute Gasteiger partial charge is 0.274 e. The van der Waals surface area contributed by atoms with Gasteiger partial charge in [-0.3, -0.25) is 9.79 Å². The number of fused-ring (bicyclic) bond motifs is 1. The van der Waals surface area contributed by atoms with Crippen LogP contribution < -0.4 is 11.1 Å². The van der Waals surface area contributed by atoms with E-state index in [9.17, 15) is 9.18 Å². The number of nitriles is 1. The number of nitrogens with zero attached hydrogens (tertiary/aromatic N) is 5. The predicted molar refractivity (Wildman–Crippen MR) is 104 cm³/mol. The number of amidine groups is 1. The van der Waals surface area contributed by atoms with Crippen molar-refractivity contribution in [3.63, 3.8) is 0 Å². The maximum absolute atomic E-state index is 14.7. The summed E-state index contributed by atoms with van der Waals surface area (Å²) in [5.74, 6) is -0.165. The molecule has 1 aliphatic rings. The van der Waals surface area contributed by atoms with Crippen molar-refractivity contribution in [2.45, 2.75) is 19.0 Å². The van der Waals surface area contributed by atoms with Gasteiger partial charge in [-0.2, -0.15) is 5.26 Å². The number of carbonyl (C=O) groups is 1. The number of hydrogen-bond donors (Lipinski definition) is 2. The lowest BCUT2D eigenvalue weighted by Crippen LogP contribution is -2.37. The Hall–Kier alpha value is -4.06. The average Bonchev–Trinajstić information content (AvgIpc) is 3.18. The third-order valence-corrected chi connectivity index (χ3v) is 4.72. The molecule has 4 rings (SSSR count). The first-order valence-electron chi connectivity index (χ1n) is 8.74. The molecule has 3 heterocycles. The van der Waals surface area contributed by atoms with Crippen molar-refractivity contribution in [1.29, 1.82) is 5.26 Å². The summed E-state index contributed by atoms with van der Waals surface area (Å²) in [6.07, 6.45) is 4.69. The number of nitrogens with two attached hydrogens (primary N) is 1. The standard InChI is InChI=1S/C20H16FN7O/c1-20(11-28-7-6-24-18(28)17(23)27-20)14-8-13(3-4-15(14)21)26-19(29)16-5-2-12(9-22)10-25-16/h2-8,10H,11H2,1H3,(H2,23,27)(H,26,29)/t20-/m0/s1. The van der Waals surface area contributed by atoms with E-state index in [1.165, 1.54) is 36.5 Å². The van der Waals surface area contributed by atoms with E-state index in [2.05, 4.69) is 20.3 Å². The monoisotopic (exact) mass is 389 g/mol. The Bertz CT molecular complexity index is 1180. The van der Waals surface area contributed by atoms with Gasteiger partial charge in [-0.25, -0.2) is 14.4 Å². The fourth-order valence-corrected chi connectivity index (χ4v) is 3.30. The first kappa shape index (κ1) is 18.3. The fraction of sp³-hybridized carbons (Fsp3) is 0.150. The normalized spacial score (nSPS) is 17.8. The molecule has 0 saturated heterocycles. The lowest BCUT2D eigenvalue weighted by atomic mass is 9.90. The summed E-state index contributed by atoms with van der Waals surface area (Å²) in [5.41, 5.74) is 6.24. The van der Waals surface area contributed by atoms with Crippen LogP contribution >= 0.6 is 0 Å². The van der Waals surface area contributed by atoms with Gasteiger partial charge >= 0.3 is 0 Å². The zero-order valence-corrected chi connectivity index (χ0v) is 15.4. The lowest BCUT2D eigenvalue weighted by Gasteiger charge is -2.31. The van der Waals surface area contributed by atoms with Gasteiger partial charge in [0.05, 0.1) is 12.1 Å². The number of hydrogen-bond acceptors (Lipinski definition) is 6. The van der Waals surface area contributed by atoms with E-state index in [1.54, 1.807) is 19.3 Å². The number of halogens is 1. The van der Waals surface area contributed by atoms with E-state index in [4.69, 9.17) is 11.0 Å². The zero-order valence-electron chi connectivity index (χ0n) is 15.4. The Kier molecular flexibility index (Phi) is 4.31. The van der Waals surface area contributed by atoms with Crippen LogP contribution in [0.2, 0.25) is 0 Å². The Morgan fingerprint density at radius 3 is 2.90 bits per heavy atom. The van der Waals surface area contributed by atoms with Crippen LogP contribution in [0.3, 0.4) is 0 Å². The quantitative estimate of drug-likeness (QED) is 0.711. The number of imidazole rings is 1. The van der Waals surface area contributed by atoms with Crippen molar-refractivity contribution in [3.05, 3.63) is 77.4 Å². The van der Waals surface area contributed by atoms with Crippen molar-refractivity contribution in [1.82, 2.24) is 14.5 Å². The van der Waals surface area contributed by atoms with E-state index in [0.29, 0.717) is 29.2 Å². The van der Waals surface area contributed by atoms with Gasteiger partial charge in [-0.1, -0.05) is 0 Å². The van der Waals surface area contributed by atoms with E-state index in [0.717, 1.165) is 0 Å². The molecule has 0 bridgehead atoms. The molecule has 0 saturated carbocycles. The number of benzene rings is 1. The molecule has 9 heteroatoms. The summed E-state index contributed by atoms with van der Waals surface area (Å²) >= 11 is 0. The number of pyridine rings is 1. The molecule has 1 aromatic carbocycles. The SMILES string of the molecule is C[C@@]1(c2cc(NC(=O)c3ccc(C#N)cn3)ccc2F)Cn2ccnc2C(N)=N1. The number of aromatic nitrogens is 3. The third-order valence-electron chi connectivity index (χ3n) is 4.72. The Balaban J connectivity index is 1.63. The zero-order chi connectivity index (χ0) is 20.6. The minimum absolute atomic E-state index is 0.143. The van der Waals surface area contributed by atoms with E-state index >= 15 is 0 Å². The van der Waals surface area contributed by atoms with Crippen LogP contribution in [0, 0.1) is 17.1 Å². The second kappa shape index (κ2) is 6.83. The van der Waals surface area contributed by atoms with E-state index < -0.39 is 17.3 Å². The molecular formula is C20H16FN7O. The molecule has 0 aliphatic carbocycles. The summed E-state index contributed by atoms with van der Waals surface area (Å²) in [6, 6.07) is 9.17. The average molecular weight is 389 g/mol. The molecule has 0 fully saturated rings. The van der Waals surface area contributed by atoms with Gasteiger partial charge in [-0.15, -0.1) is 0 Å². The Morgan fingerprint density at radius 1 is 1.34 bits per heavy atom. The molecular weight excluding hydrogens is 373 g/mol. The van der Waals surface area contributed by atoms with E-state index in [1.807, 2.05) is 10.6 Å². The fourth-order valence-electron chi connectivity index (χ4n) is 3.30. The molecule has 144 valence electrons. The van der Waals surface area contributed by atoms with Crippen molar-refractivity contribution >= 4 is 17.4 Å². The Labute approximate surface area is 165 Å². The van der Waals surface area contributed by atoms with Gasteiger partial charge in [0.1, 0.15) is 23.1 Å². The van der Waals surface area contributed by atoms with Crippen LogP contribution in [-0.4, -0.2) is 26.3 Å². The second-order valence-electron chi connectivity index (χ2n) is 6.84. The molecule has 0 radical (unpaired) electrons. The minimum atomic E-state index is -0.963. The van der Waals surface area contributed by atoms with Gasteiger partial charge < -0.3 is 15.6 Å². The maximum Gasteiger partial charge on any atom is 0.274 e. The summed E-state index contributed by atoms with van der Waals surface area (Å²) < 4.78 is 16.5. The minimum Gasteiger partial charge on any atom is -0.381 e. The number of anilines is 1. The molecule has 8 nitrogen and oxygen atoms in total. The van der Waals surface area contributed by atoms with Gasteiger partial charge in [0.15, 0.2) is 11.7 Å². The number of carbonyl (C=O) groups excluding carboxylic acids is 1. The molecule has 3 aromatic rings. The second-order valence-corrected chi connectivity index (χ2v) is 6.84. The molecule has 3 N–H and O–H groups in total. The molecule has 29 heavy (non-hydrogen) atoms. The summed E-state index contributed by atoms with van der Waals surface area (Å²) in [4.78, 5) is 25.0. The van der Waals surface area contributed by atoms with Crippen LogP contribution in [0.25, 0.3) is 0 Å². The van der Waals surface area contributed by atoms with Crippen molar-refractivity contribution in [2.75, 3.05) is 5.32 Å². The molecule has 0 unspecified atom stereocenters. The molecule has 1 atom stereocenters. The highest BCUT2D eigenvalue weighted by molar-refractivity contribution is 6.03. The third kappa shape index (κ3) is 3.32. The number of nitrogens with one attached hydrogen (secondary N) is 1. The molecule has 1 amide bonds. The van der Waals surface area contributed by atoms with Gasteiger partial charge in [-0.05, 0) is 37.3 Å². The van der Waals surface area contributed by atoms with Crippen molar-refractivity contribution < 1.29 is 9.18 Å². The van der Waals surface area contributed by atoms with Crippen molar-refractivity contribution in [3.8, 4) is 6.07 Å². The highest BCUT2D eigenvalue weighted by Gasteiger charge is 2.35. The molecule has 0 spiro atoms. The highest BCUT2D eigenvalue weighted by atomic mass is 19.1. The van der Waals surface area contributed by atoms with Crippen molar-refractivity contribution in [2.24, 2.45) is 10.7 Å². The number of rotatable bonds is 3. The maximum atomic E-state index is 14.7. The largest absolute Gasteiger partial charge is 0.381 e.